The molecule has 38 heavy (non-hydrogen) atoms. The van der Waals surface area contributed by atoms with Crippen LogP contribution in [0.15, 0.2) is 65.6 Å². The zero-order valence-electron chi connectivity index (χ0n) is 21.3. The number of aryl methyl sites for hydroxylation is 2. The topological polar surface area (TPSA) is 114 Å². The number of nitrogens with zero attached hydrogens (tertiary/aromatic N) is 4. The summed E-state index contributed by atoms with van der Waals surface area (Å²) in [5.41, 5.74) is 5.79. The number of aromatic nitrogens is 4. The van der Waals surface area contributed by atoms with E-state index in [1.807, 2.05) is 38.4 Å². The average Bonchev–Trinajstić information content (AvgIpc) is 3.64. The van der Waals surface area contributed by atoms with Crippen LogP contribution in [0.4, 0.5) is 0 Å². The highest BCUT2D eigenvalue weighted by Gasteiger charge is 2.31. The van der Waals surface area contributed by atoms with E-state index in [1.165, 1.54) is 25.0 Å². The molecule has 4 heterocycles. The van der Waals surface area contributed by atoms with Gasteiger partial charge in [-0.25, -0.2) is 9.78 Å². The molecule has 0 aliphatic heterocycles. The van der Waals surface area contributed by atoms with Gasteiger partial charge in [0, 0.05) is 40.7 Å². The van der Waals surface area contributed by atoms with E-state index in [2.05, 4.69) is 28.1 Å². The minimum absolute atomic E-state index is 0.000691. The van der Waals surface area contributed by atoms with E-state index in [4.69, 9.17) is 14.5 Å². The molecule has 1 aliphatic carbocycles. The number of hydrogen-bond acceptors (Lipinski definition) is 6. The molecular weight excluding hydrogens is 480 g/mol. The molecule has 1 atom stereocenters. The van der Waals surface area contributed by atoms with Crippen molar-refractivity contribution >= 4 is 17.0 Å². The van der Waals surface area contributed by atoms with Gasteiger partial charge in [-0.05, 0) is 68.5 Å². The summed E-state index contributed by atoms with van der Waals surface area (Å²) < 4.78 is 7.63. The van der Waals surface area contributed by atoms with Gasteiger partial charge in [0.25, 0.3) is 0 Å². The Morgan fingerprint density at radius 2 is 1.89 bits per heavy atom. The summed E-state index contributed by atoms with van der Waals surface area (Å²) in [5.74, 6) is -0.316. The number of aromatic hydroxyl groups is 1. The third-order valence-corrected chi connectivity index (χ3v) is 7.67. The highest BCUT2D eigenvalue weighted by atomic mass is 16.5. The highest BCUT2D eigenvalue weighted by Crippen LogP contribution is 2.43. The van der Waals surface area contributed by atoms with Crippen molar-refractivity contribution < 1.29 is 19.5 Å². The Morgan fingerprint density at radius 3 is 2.55 bits per heavy atom. The number of carbonyl (C=O) groups is 1. The quantitative estimate of drug-likeness (QED) is 0.267. The lowest BCUT2D eigenvalue weighted by Gasteiger charge is -2.25. The second-order valence-electron chi connectivity index (χ2n) is 10.0. The Hall–Kier alpha value is -4.46. The monoisotopic (exact) mass is 508 g/mol. The fourth-order valence-corrected chi connectivity index (χ4v) is 5.92. The highest BCUT2D eigenvalue weighted by molar-refractivity contribution is 5.98. The van der Waals surface area contributed by atoms with Gasteiger partial charge in [-0.3, -0.25) is 4.98 Å². The summed E-state index contributed by atoms with van der Waals surface area (Å²) in [6.45, 7) is 3.79. The molecule has 1 aromatic carbocycles. The van der Waals surface area contributed by atoms with Gasteiger partial charge in [0.2, 0.25) is 0 Å². The van der Waals surface area contributed by atoms with E-state index >= 15 is 0 Å². The van der Waals surface area contributed by atoms with Gasteiger partial charge in [0.15, 0.2) is 0 Å². The standard InChI is InChI=1S/C30H28N4O4/c1-17-27(18(2)38-33-17)21-13-23-24(20-10-11-22(30(36)37)26(35)14-20)16-34(29(23)32-15-21)28(19-7-3-4-8-19)25-9-5-6-12-31-25/h5-6,9-16,19,28,35H,3-4,7-8H2,1-2H3,(H,36,37). The first-order valence-electron chi connectivity index (χ1n) is 12.8. The average molecular weight is 509 g/mol. The number of rotatable bonds is 6. The Bertz CT molecular complexity index is 1630. The molecule has 0 amide bonds. The number of carboxylic acids is 1. The molecule has 4 aromatic heterocycles. The smallest absolute Gasteiger partial charge is 0.339 e. The van der Waals surface area contributed by atoms with Crippen molar-refractivity contribution in [1.29, 1.82) is 0 Å². The SMILES string of the molecule is Cc1noc(C)c1-c1cnc2c(c1)c(-c1ccc(C(=O)O)c(O)c1)cn2C(c1ccccn1)C1CCCC1. The molecule has 192 valence electrons. The molecule has 0 saturated heterocycles. The van der Waals surface area contributed by atoms with Gasteiger partial charge in [-0.15, -0.1) is 0 Å². The van der Waals surface area contributed by atoms with Crippen LogP contribution in [0.5, 0.6) is 5.75 Å². The van der Waals surface area contributed by atoms with Crippen LogP contribution in [-0.4, -0.2) is 35.9 Å². The van der Waals surface area contributed by atoms with Crippen LogP contribution in [0.2, 0.25) is 0 Å². The zero-order chi connectivity index (χ0) is 26.4. The maximum absolute atomic E-state index is 11.5. The van der Waals surface area contributed by atoms with E-state index in [0.717, 1.165) is 52.0 Å². The van der Waals surface area contributed by atoms with Crippen molar-refractivity contribution in [3.8, 4) is 28.0 Å². The summed E-state index contributed by atoms with van der Waals surface area (Å²) in [6, 6.07) is 12.8. The molecular formula is C30H28N4O4. The van der Waals surface area contributed by atoms with Crippen LogP contribution in [0.1, 0.15) is 59.2 Å². The van der Waals surface area contributed by atoms with Crippen LogP contribution >= 0.6 is 0 Å². The molecule has 1 aliphatic rings. The number of pyridine rings is 2. The molecule has 0 spiro atoms. The third kappa shape index (κ3) is 4.02. The first-order valence-corrected chi connectivity index (χ1v) is 12.8. The molecule has 8 heteroatoms. The van der Waals surface area contributed by atoms with Crippen molar-refractivity contribution in [3.05, 3.63) is 83.8 Å². The predicted octanol–water partition coefficient (Wildman–Crippen LogP) is 6.55. The van der Waals surface area contributed by atoms with E-state index < -0.39 is 5.97 Å². The first-order chi connectivity index (χ1) is 18.4. The zero-order valence-corrected chi connectivity index (χ0v) is 21.3. The maximum atomic E-state index is 11.5. The van der Waals surface area contributed by atoms with E-state index in [1.54, 1.807) is 6.07 Å². The minimum Gasteiger partial charge on any atom is -0.507 e. The van der Waals surface area contributed by atoms with Crippen molar-refractivity contribution in [1.82, 2.24) is 19.7 Å². The number of phenols is 1. The summed E-state index contributed by atoms with van der Waals surface area (Å²) in [5, 5.41) is 24.9. The van der Waals surface area contributed by atoms with Gasteiger partial charge in [-0.1, -0.05) is 30.1 Å². The lowest BCUT2D eigenvalue weighted by atomic mass is 9.94. The van der Waals surface area contributed by atoms with Gasteiger partial charge in [0.05, 0.1) is 17.4 Å². The maximum Gasteiger partial charge on any atom is 0.339 e. The normalized spacial score (nSPS) is 14.8. The van der Waals surface area contributed by atoms with Gasteiger partial charge in [0.1, 0.15) is 22.7 Å². The molecule has 0 bridgehead atoms. The predicted molar refractivity (Wildman–Crippen MR) is 143 cm³/mol. The number of carboxylic acid groups (broad SMARTS) is 1. The Balaban J connectivity index is 1.61. The Labute approximate surface area is 219 Å². The largest absolute Gasteiger partial charge is 0.507 e. The van der Waals surface area contributed by atoms with E-state index in [-0.39, 0.29) is 17.4 Å². The van der Waals surface area contributed by atoms with Crippen molar-refractivity contribution in [2.24, 2.45) is 5.92 Å². The lowest BCUT2D eigenvalue weighted by molar-refractivity contribution is 0.0693. The van der Waals surface area contributed by atoms with Crippen LogP contribution in [0.3, 0.4) is 0 Å². The van der Waals surface area contributed by atoms with Crippen LogP contribution in [-0.2, 0) is 0 Å². The van der Waals surface area contributed by atoms with Crippen LogP contribution in [0.25, 0.3) is 33.3 Å². The molecule has 8 nitrogen and oxygen atoms in total. The van der Waals surface area contributed by atoms with Crippen LogP contribution in [0, 0.1) is 19.8 Å². The van der Waals surface area contributed by atoms with Gasteiger partial charge >= 0.3 is 5.97 Å². The molecule has 5 aromatic rings. The van der Waals surface area contributed by atoms with Crippen LogP contribution < -0.4 is 0 Å². The van der Waals surface area contributed by atoms with Gasteiger partial charge < -0.3 is 19.3 Å². The Kier molecular flexibility index (Phi) is 5.94. The second-order valence-corrected chi connectivity index (χ2v) is 10.0. The van der Waals surface area contributed by atoms with Crippen molar-refractivity contribution in [2.75, 3.05) is 0 Å². The Morgan fingerprint density at radius 1 is 1.08 bits per heavy atom. The number of hydrogen-bond donors (Lipinski definition) is 2. The molecule has 1 unspecified atom stereocenters. The first kappa shape index (κ1) is 23.9. The fraction of sp³-hybridized carbons (Fsp3) is 0.267. The third-order valence-electron chi connectivity index (χ3n) is 7.67. The summed E-state index contributed by atoms with van der Waals surface area (Å²) in [7, 11) is 0. The van der Waals surface area contributed by atoms with Gasteiger partial charge in [-0.2, -0.15) is 0 Å². The molecule has 2 N–H and O–H groups in total. The summed E-state index contributed by atoms with van der Waals surface area (Å²) in [4.78, 5) is 21.2. The fourth-order valence-electron chi connectivity index (χ4n) is 5.92. The van der Waals surface area contributed by atoms with Crippen molar-refractivity contribution in [3.63, 3.8) is 0 Å². The summed E-state index contributed by atoms with van der Waals surface area (Å²) >= 11 is 0. The summed E-state index contributed by atoms with van der Waals surface area (Å²) in [6.07, 6.45) is 10.4. The molecule has 1 fully saturated rings. The van der Waals surface area contributed by atoms with E-state index in [9.17, 15) is 15.0 Å². The lowest BCUT2D eigenvalue weighted by Crippen LogP contribution is -2.19. The second kappa shape index (κ2) is 9.45. The van der Waals surface area contributed by atoms with Crippen molar-refractivity contribution in [2.45, 2.75) is 45.6 Å². The minimum atomic E-state index is -1.17. The molecule has 6 rings (SSSR count). The number of fused-ring (bicyclic) bond motifs is 1. The number of benzene rings is 1. The number of aromatic carboxylic acids is 1. The van der Waals surface area contributed by atoms with E-state index in [0.29, 0.717) is 17.2 Å². The molecule has 1 saturated carbocycles. The molecule has 0 radical (unpaired) electrons.